The van der Waals surface area contributed by atoms with Gasteiger partial charge in [-0.05, 0) is 30.7 Å². The number of nitrogens with zero attached hydrogens (tertiary/aromatic N) is 2. The molecule has 0 aliphatic rings. The molecule has 3 aromatic rings. The molecule has 3 rings (SSSR count). The van der Waals surface area contributed by atoms with Gasteiger partial charge in [-0.2, -0.15) is 0 Å². The van der Waals surface area contributed by atoms with Crippen LogP contribution in [0.15, 0.2) is 58.9 Å². The van der Waals surface area contributed by atoms with Crippen LogP contribution in [0.3, 0.4) is 0 Å². The van der Waals surface area contributed by atoms with Crippen LogP contribution in [0.1, 0.15) is 5.56 Å². The van der Waals surface area contributed by atoms with Gasteiger partial charge in [-0.3, -0.25) is 0 Å². The summed E-state index contributed by atoms with van der Waals surface area (Å²) in [4.78, 5) is 0. The average molecular weight is 374 g/mol. The lowest BCUT2D eigenvalue weighted by Gasteiger charge is -2.10. The topological polar surface area (TPSA) is 67.3 Å². The summed E-state index contributed by atoms with van der Waals surface area (Å²) < 4.78 is 6.36. The molecule has 0 amide bonds. The van der Waals surface area contributed by atoms with Gasteiger partial charge in [0.2, 0.25) is 5.13 Å². The first-order valence-corrected chi connectivity index (χ1v) is 9.66. The lowest BCUT2D eigenvalue weighted by Crippen LogP contribution is -2.19. The van der Waals surface area contributed by atoms with Crippen molar-refractivity contribution < 1.29 is 9.84 Å². The number of hydrogen-bond donors (Lipinski definition) is 2. The van der Waals surface area contributed by atoms with Gasteiger partial charge in [0.05, 0.1) is 6.10 Å². The van der Waals surface area contributed by atoms with Crippen LogP contribution in [0.4, 0.5) is 10.8 Å². The minimum Gasteiger partial charge on any atom is -0.491 e. The molecule has 130 valence electrons. The Hall–Kier alpha value is -2.09. The smallest absolute Gasteiger partial charge is 0.210 e. The number of anilines is 2. The second kappa shape index (κ2) is 8.84. The fourth-order valence-corrected chi connectivity index (χ4v) is 3.77. The number of aromatic nitrogens is 2. The summed E-state index contributed by atoms with van der Waals surface area (Å²) in [5, 5.41) is 22.4. The lowest BCUT2D eigenvalue weighted by molar-refractivity contribution is 0.126. The Morgan fingerprint density at radius 2 is 1.88 bits per heavy atom. The molecule has 2 aromatic carbocycles. The maximum atomic E-state index is 10.0. The van der Waals surface area contributed by atoms with Crippen molar-refractivity contribution in [1.29, 1.82) is 0 Å². The quantitative estimate of drug-likeness (QED) is 0.579. The lowest BCUT2D eigenvalue weighted by atomic mass is 10.2. The van der Waals surface area contributed by atoms with Crippen LogP contribution in [0.2, 0.25) is 0 Å². The Balaban J connectivity index is 1.46. The van der Waals surface area contributed by atoms with Crippen molar-refractivity contribution in [3.63, 3.8) is 0 Å². The standard InChI is InChI=1S/C18H19N3O2S2/c1-13-7-5-6-10-16(13)19-17-20-21-18(25-17)24-12-14(22)11-23-15-8-3-2-4-9-15/h2-10,14,22H,11-12H2,1H3,(H,19,20). The highest BCUT2D eigenvalue weighted by atomic mass is 32.2. The molecule has 1 heterocycles. The van der Waals surface area contributed by atoms with Crippen LogP contribution in [-0.2, 0) is 0 Å². The summed E-state index contributed by atoms with van der Waals surface area (Å²) in [5.74, 6) is 1.26. The van der Waals surface area contributed by atoms with Crippen LogP contribution >= 0.6 is 23.1 Å². The summed E-state index contributed by atoms with van der Waals surface area (Å²) in [7, 11) is 0. The zero-order chi connectivity index (χ0) is 17.5. The van der Waals surface area contributed by atoms with E-state index in [0.29, 0.717) is 5.75 Å². The molecule has 0 saturated carbocycles. The maximum Gasteiger partial charge on any atom is 0.210 e. The summed E-state index contributed by atoms with van der Waals surface area (Å²) >= 11 is 2.94. The van der Waals surface area contributed by atoms with Crippen molar-refractivity contribution in [3.05, 3.63) is 60.2 Å². The van der Waals surface area contributed by atoms with Crippen molar-refractivity contribution >= 4 is 33.9 Å². The predicted molar refractivity (Wildman–Crippen MR) is 103 cm³/mol. The van der Waals surface area contributed by atoms with Crippen LogP contribution in [0.5, 0.6) is 5.75 Å². The van der Waals surface area contributed by atoms with Gasteiger partial charge in [-0.25, -0.2) is 0 Å². The minimum atomic E-state index is -0.568. The second-order valence-corrected chi connectivity index (χ2v) is 7.65. The monoisotopic (exact) mass is 373 g/mol. The highest BCUT2D eigenvalue weighted by Gasteiger charge is 2.10. The molecule has 0 spiro atoms. The van der Waals surface area contributed by atoms with E-state index in [1.807, 2.05) is 61.5 Å². The van der Waals surface area contributed by atoms with Crippen LogP contribution in [0, 0.1) is 6.92 Å². The van der Waals surface area contributed by atoms with E-state index in [4.69, 9.17) is 4.74 Å². The van der Waals surface area contributed by atoms with E-state index in [-0.39, 0.29) is 6.61 Å². The summed E-state index contributed by atoms with van der Waals surface area (Å²) in [6, 6.07) is 17.5. The maximum absolute atomic E-state index is 10.0. The molecular weight excluding hydrogens is 354 g/mol. The van der Waals surface area contributed by atoms with E-state index in [9.17, 15) is 5.11 Å². The Bertz CT molecular complexity index is 796. The third kappa shape index (κ3) is 5.45. The molecule has 1 atom stereocenters. The molecule has 0 saturated heterocycles. The number of aliphatic hydroxyl groups is 1. The number of para-hydroxylation sites is 2. The number of ether oxygens (including phenoxy) is 1. The Morgan fingerprint density at radius 3 is 2.68 bits per heavy atom. The number of benzene rings is 2. The van der Waals surface area contributed by atoms with Gasteiger partial charge in [0.25, 0.3) is 0 Å². The molecule has 0 aliphatic heterocycles. The highest BCUT2D eigenvalue weighted by molar-refractivity contribution is 8.01. The molecule has 25 heavy (non-hydrogen) atoms. The minimum absolute atomic E-state index is 0.254. The van der Waals surface area contributed by atoms with Crippen LogP contribution in [0.25, 0.3) is 0 Å². The van der Waals surface area contributed by atoms with Gasteiger partial charge in [0, 0.05) is 11.4 Å². The first-order valence-electron chi connectivity index (χ1n) is 7.85. The van der Waals surface area contributed by atoms with E-state index in [2.05, 4.69) is 15.5 Å². The van der Waals surface area contributed by atoms with Crippen molar-refractivity contribution in [2.24, 2.45) is 0 Å². The first kappa shape index (κ1) is 17.7. The van der Waals surface area contributed by atoms with Crippen molar-refractivity contribution in [2.45, 2.75) is 17.4 Å². The van der Waals surface area contributed by atoms with Crippen molar-refractivity contribution in [1.82, 2.24) is 10.2 Å². The van der Waals surface area contributed by atoms with Crippen molar-refractivity contribution in [3.8, 4) is 5.75 Å². The number of aliphatic hydroxyl groups excluding tert-OH is 1. The van der Waals surface area contributed by atoms with E-state index >= 15 is 0 Å². The normalized spacial score (nSPS) is 11.9. The molecule has 1 unspecified atom stereocenters. The first-order chi connectivity index (χ1) is 12.2. The zero-order valence-electron chi connectivity index (χ0n) is 13.8. The van der Waals surface area contributed by atoms with Crippen molar-refractivity contribution in [2.75, 3.05) is 17.7 Å². The Morgan fingerprint density at radius 1 is 1.12 bits per heavy atom. The third-order valence-corrected chi connectivity index (χ3v) is 5.49. The summed E-state index contributed by atoms with van der Waals surface area (Å²) in [6.45, 7) is 2.30. The molecule has 0 fully saturated rings. The highest BCUT2D eigenvalue weighted by Crippen LogP contribution is 2.29. The van der Waals surface area contributed by atoms with E-state index in [0.717, 1.165) is 26.5 Å². The van der Waals surface area contributed by atoms with Crippen LogP contribution in [-0.4, -0.2) is 33.8 Å². The third-order valence-electron chi connectivity index (χ3n) is 3.38. The number of aryl methyl sites for hydroxylation is 1. The predicted octanol–water partition coefficient (Wildman–Crippen LogP) is 4.12. The number of hydrogen-bond acceptors (Lipinski definition) is 7. The fraction of sp³-hybridized carbons (Fsp3) is 0.222. The number of rotatable bonds is 8. The number of thioether (sulfide) groups is 1. The van der Waals surface area contributed by atoms with Gasteiger partial charge in [0.1, 0.15) is 12.4 Å². The summed E-state index contributed by atoms with van der Waals surface area (Å²) in [6.07, 6.45) is -0.568. The van der Waals surface area contributed by atoms with E-state index < -0.39 is 6.10 Å². The van der Waals surface area contributed by atoms with Crippen LogP contribution < -0.4 is 10.1 Å². The van der Waals surface area contributed by atoms with E-state index in [1.165, 1.54) is 23.1 Å². The average Bonchev–Trinajstić information content (AvgIpc) is 3.08. The molecule has 0 radical (unpaired) electrons. The van der Waals surface area contributed by atoms with E-state index in [1.54, 1.807) is 0 Å². The molecule has 1 aromatic heterocycles. The largest absolute Gasteiger partial charge is 0.491 e. The SMILES string of the molecule is Cc1ccccc1Nc1nnc(SCC(O)COc2ccccc2)s1. The Labute approximate surface area is 155 Å². The van der Waals surface area contributed by atoms with Gasteiger partial charge in [-0.1, -0.05) is 59.5 Å². The van der Waals surface area contributed by atoms with Gasteiger partial charge in [0.15, 0.2) is 4.34 Å². The zero-order valence-corrected chi connectivity index (χ0v) is 15.4. The molecule has 5 nitrogen and oxygen atoms in total. The molecule has 7 heteroatoms. The fourth-order valence-electron chi connectivity index (χ4n) is 2.07. The molecule has 2 N–H and O–H groups in total. The Kier molecular flexibility index (Phi) is 6.27. The summed E-state index contributed by atoms with van der Waals surface area (Å²) in [5.41, 5.74) is 2.17. The van der Waals surface area contributed by atoms with Gasteiger partial charge >= 0.3 is 0 Å². The molecular formula is C18H19N3O2S2. The molecule has 0 aliphatic carbocycles. The molecule has 0 bridgehead atoms. The number of nitrogens with one attached hydrogen (secondary N) is 1. The van der Waals surface area contributed by atoms with Gasteiger partial charge in [-0.15, -0.1) is 10.2 Å². The van der Waals surface area contributed by atoms with Gasteiger partial charge < -0.3 is 15.2 Å². The second-order valence-electron chi connectivity index (χ2n) is 5.40.